The summed E-state index contributed by atoms with van der Waals surface area (Å²) in [6.07, 6.45) is 3.23. The van der Waals surface area contributed by atoms with Gasteiger partial charge in [0.1, 0.15) is 11.5 Å². The van der Waals surface area contributed by atoms with Crippen LogP contribution in [0, 0.1) is 11.3 Å². The molecule has 2 aliphatic rings. The average Bonchev–Trinajstić information content (AvgIpc) is 3.73. The molecule has 1 aliphatic heterocycles. The minimum Gasteiger partial charge on any atom is -0.424 e. The second-order valence-corrected chi connectivity index (χ2v) is 13.5. The normalized spacial score (nSPS) is 17.3. The van der Waals surface area contributed by atoms with E-state index in [0.29, 0.717) is 55.1 Å². The standard InChI is InChI=1S/C36H45N7O4/c1-22(2)32-39-40-35(47-32)36(19-23(3)38-21-31(44)43-16-8-9-28(43)20-37)29-14-12-26(33(45)41(4)5)17-24(29)10-11-25-18-27(13-15-30(25)36)34(46)42(6)7/h12-15,17-18,22-23,28,38H,8-11,16,19,21H2,1-7H3/t23-,28?/m0/s1. The first kappa shape index (κ1) is 33.8. The first-order valence-electron chi connectivity index (χ1n) is 16.3. The Morgan fingerprint density at radius 3 is 2.04 bits per heavy atom. The summed E-state index contributed by atoms with van der Waals surface area (Å²) < 4.78 is 6.51. The van der Waals surface area contributed by atoms with E-state index in [1.165, 1.54) is 0 Å². The molecule has 2 atom stereocenters. The van der Waals surface area contributed by atoms with Crippen LogP contribution in [0.1, 0.15) is 101 Å². The van der Waals surface area contributed by atoms with E-state index in [1.54, 1.807) is 42.9 Å². The second kappa shape index (κ2) is 13.7. The molecular formula is C36H45N7O4. The van der Waals surface area contributed by atoms with E-state index >= 15 is 0 Å². The minimum absolute atomic E-state index is 0.0000853. The maximum Gasteiger partial charge on any atom is 0.253 e. The fourth-order valence-electron chi connectivity index (χ4n) is 6.90. The lowest BCUT2D eigenvalue weighted by Gasteiger charge is -2.36. The Kier molecular flexibility index (Phi) is 9.82. The van der Waals surface area contributed by atoms with Gasteiger partial charge in [0.2, 0.25) is 17.7 Å². The van der Waals surface area contributed by atoms with Crippen LogP contribution in [-0.2, 0) is 23.1 Å². The van der Waals surface area contributed by atoms with Crippen molar-refractivity contribution in [1.29, 1.82) is 5.26 Å². The van der Waals surface area contributed by atoms with Crippen LogP contribution >= 0.6 is 0 Å². The monoisotopic (exact) mass is 639 g/mol. The number of nitrogens with zero attached hydrogens (tertiary/aromatic N) is 6. The summed E-state index contributed by atoms with van der Waals surface area (Å²) >= 11 is 0. The van der Waals surface area contributed by atoms with Crippen LogP contribution in [0.15, 0.2) is 40.8 Å². The number of amides is 3. The van der Waals surface area contributed by atoms with Crippen molar-refractivity contribution < 1.29 is 18.8 Å². The molecule has 1 N–H and O–H groups in total. The molecule has 2 heterocycles. The SMILES string of the molecule is CC(C)c1nnc(C2(C[C@H](C)NCC(=O)N3CCCC3C#N)c3ccc(C(=O)N(C)C)cc3CCc3cc(C(=O)N(C)C)ccc32)o1. The van der Waals surface area contributed by atoms with Gasteiger partial charge in [0.05, 0.1) is 12.6 Å². The van der Waals surface area contributed by atoms with Crippen molar-refractivity contribution in [3.63, 3.8) is 0 Å². The summed E-state index contributed by atoms with van der Waals surface area (Å²) in [6.45, 7) is 6.70. The van der Waals surface area contributed by atoms with Crippen molar-refractivity contribution in [2.75, 3.05) is 41.3 Å². The van der Waals surface area contributed by atoms with Crippen molar-refractivity contribution in [3.8, 4) is 6.07 Å². The summed E-state index contributed by atoms with van der Waals surface area (Å²) in [7, 11) is 6.94. The van der Waals surface area contributed by atoms with E-state index < -0.39 is 11.5 Å². The fraction of sp³-hybridized carbons (Fsp3) is 0.500. The molecule has 3 amide bonds. The molecule has 0 saturated carbocycles. The summed E-state index contributed by atoms with van der Waals surface area (Å²) in [6, 6.07) is 13.3. The van der Waals surface area contributed by atoms with Crippen LogP contribution in [0.4, 0.5) is 0 Å². The van der Waals surface area contributed by atoms with Gasteiger partial charge in [-0.05, 0) is 85.5 Å². The molecule has 1 aromatic heterocycles. The van der Waals surface area contributed by atoms with Gasteiger partial charge >= 0.3 is 0 Å². The summed E-state index contributed by atoms with van der Waals surface area (Å²) in [5.41, 5.74) is 4.06. The van der Waals surface area contributed by atoms with E-state index in [-0.39, 0.29) is 36.2 Å². The molecule has 11 heteroatoms. The molecular weight excluding hydrogens is 594 g/mol. The summed E-state index contributed by atoms with van der Waals surface area (Å²) in [5.74, 6) is 0.649. The smallest absolute Gasteiger partial charge is 0.253 e. The molecule has 0 radical (unpaired) electrons. The molecule has 0 spiro atoms. The number of aromatic nitrogens is 2. The molecule has 47 heavy (non-hydrogen) atoms. The third kappa shape index (κ3) is 6.52. The maximum atomic E-state index is 13.2. The van der Waals surface area contributed by atoms with Crippen molar-refractivity contribution in [2.45, 2.75) is 76.3 Å². The second-order valence-electron chi connectivity index (χ2n) is 13.5. The van der Waals surface area contributed by atoms with E-state index in [2.05, 4.69) is 21.6 Å². The Morgan fingerprint density at radius 2 is 1.55 bits per heavy atom. The van der Waals surface area contributed by atoms with Gasteiger partial charge in [0.15, 0.2) is 0 Å². The first-order valence-corrected chi connectivity index (χ1v) is 16.3. The molecule has 1 fully saturated rings. The van der Waals surface area contributed by atoms with E-state index in [0.717, 1.165) is 28.7 Å². The van der Waals surface area contributed by atoms with Crippen LogP contribution in [0.5, 0.6) is 0 Å². The quantitative estimate of drug-likeness (QED) is 0.372. The molecule has 2 aromatic carbocycles. The van der Waals surface area contributed by atoms with Gasteiger partial charge in [-0.15, -0.1) is 10.2 Å². The molecule has 1 unspecified atom stereocenters. The lowest BCUT2D eigenvalue weighted by molar-refractivity contribution is -0.130. The van der Waals surface area contributed by atoms with Gasteiger partial charge < -0.3 is 24.4 Å². The molecule has 1 aliphatic carbocycles. The number of rotatable bonds is 9. The van der Waals surface area contributed by atoms with Crippen LogP contribution in [0.2, 0.25) is 0 Å². The number of hydrogen-bond acceptors (Lipinski definition) is 8. The average molecular weight is 640 g/mol. The highest BCUT2D eigenvalue weighted by molar-refractivity contribution is 5.95. The number of nitrogens with one attached hydrogen (secondary N) is 1. The molecule has 11 nitrogen and oxygen atoms in total. The summed E-state index contributed by atoms with van der Waals surface area (Å²) in [5, 5.41) is 22.1. The van der Waals surface area contributed by atoms with Crippen LogP contribution < -0.4 is 5.32 Å². The predicted molar refractivity (Wildman–Crippen MR) is 177 cm³/mol. The largest absolute Gasteiger partial charge is 0.424 e. The highest BCUT2D eigenvalue weighted by atomic mass is 16.4. The first-order chi connectivity index (χ1) is 22.4. The maximum absolute atomic E-state index is 13.2. The lowest BCUT2D eigenvalue weighted by Crippen LogP contribution is -2.45. The number of aryl methyl sites for hydroxylation is 2. The zero-order valence-electron chi connectivity index (χ0n) is 28.5. The molecule has 0 bridgehead atoms. The van der Waals surface area contributed by atoms with Crippen LogP contribution in [0.25, 0.3) is 0 Å². The number of carbonyl (C=O) groups is 3. The number of likely N-dealkylation sites (tertiary alicyclic amines) is 1. The van der Waals surface area contributed by atoms with Gasteiger partial charge in [-0.2, -0.15) is 5.26 Å². The Balaban J connectivity index is 1.66. The van der Waals surface area contributed by atoms with Gasteiger partial charge in [0.25, 0.3) is 11.8 Å². The van der Waals surface area contributed by atoms with Crippen molar-refractivity contribution >= 4 is 17.7 Å². The van der Waals surface area contributed by atoms with Crippen LogP contribution in [0.3, 0.4) is 0 Å². The topological polar surface area (TPSA) is 136 Å². The highest BCUT2D eigenvalue weighted by Crippen LogP contribution is 2.48. The number of benzene rings is 2. The third-order valence-corrected chi connectivity index (χ3v) is 9.34. The van der Waals surface area contributed by atoms with Crippen molar-refractivity contribution in [2.24, 2.45) is 0 Å². The van der Waals surface area contributed by atoms with Gasteiger partial charge in [-0.1, -0.05) is 26.0 Å². The van der Waals surface area contributed by atoms with Crippen LogP contribution in [-0.4, -0.2) is 96.0 Å². The number of nitriles is 1. The third-order valence-electron chi connectivity index (χ3n) is 9.34. The Morgan fingerprint density at radius 1 is 0.979 bits per heavy atom. The number of hydrogen-bond donors (Lipinski definition) is 1. The molecule has 3 aromatic rings. The zero-order valence-corrected chi connectivity index (χ0v) is 28.5. The van der Waals surface area contributed by atoms with Crippen molar-refractivity contribution in [1.82, 2.24) is 30.2 Å². The Labute approximate surface area is 276 Å². The highest BCUT2D eigenvalue weighted by Gasteiger charge is 2.47. The van der Waals surface area contributed by atoms with Crippen molar-refractivity contribution in [3.05, 3.63) is 81.6 Å². The van der Waals surface area contributed by atoms with Gasteiger partial charge in [-0.3, -0.25) is 14.4 Å². The predicted octanol–water partition coefficient (Wildman–Crippen LogP) is 3.91. The fourth-order valence-corrected chi connectivity index (χ4v) is 6.90. The summed E-state index contributed by atoms with van der Waals surface area (Å²) in [4.78, 5) is 44.2. The molecule has 248 valence electrons. The Bertz CT molecular complexity index is 1630. The molecule has 1 saturated heterocycles. The minimum atomic E-state index is -0.959. The van der Waals surface area contributed by atoms with Gasteiger partial charge in [-0.25, -0.2) is 0 Å². The van der Waals surface area contributed by atoms with E-state index in [4.69, 9.17) is 4.42 Å². The van der Waals surface area contributed by atoms with E-state index in [9.17, 15) is 19.6 Å². The zero-order chi connectivity index (χ0) is 34.0. The molecule has 5 rings (SSSR count). The number of fused-ring (bicyclic) bond motifs is 2. The lowest BCUT2D eigenvalue weighted by atomic mass is 9.68. The van der Waals surface area contributed by atoms with Gasteiger partial charge in [0, 0.05) is 57.8 Å². The van der Waals surface area contributed by atoms with E-state index in [1.807, 2.05) is 57.2 Å². The Hall–Kier alpha value is -4.56. The number of carbonyl (C=O) groups excluding carboxylic acids is 3.